The summed E-state index contributed by atoms with van der Waals surface area (Å²) >= 11 is 3.36. The Balaban J connectivity index is 2.61. The maximum Gasteiger partial charge on any atom is 0.159 e. The lowest BCUT2D eigenvalue weighted by Crippen LogP contribution is -2.28. The van der Waals surface area contributed by atoms with Gasteiger partial charge in [-0.2, -0.15) is 0 Å². The number of ether oxygens (including phenoxy) is 1. The van der Waals surface area contributed by atoms with E-state index in [0.29, 0.717) is 13.2 Å². The lowest BCUT2D eigenvalue weighted by Gasteiger charge is -2.20. The molecule has 0 aliphatic carbocycles. The predicted octanol–water partition coefficient (Wildman–Crippen LogP) is 2.81. The van der Waals surface area contributed by atoms with Crippen LogP contribution in [0.15, 0.2) is 18.2 Å². The smallest absolute Gasteiger partial charge is 0.159 e. The maximum atomic E-state index is 13.0. The van der Waals surface area contributed by atoms with Crippen molar-refractivity contribution in [1.29, 1.82) is 0 Å². The Morgan fingerprint density at radius 1 is 1.24 bits per heavy atom. The minimum atomic E-state index is -0.808. The molecule has 0 aromatic heterocycles. The molecule has 0 heterocycles. The Morgan fingerprint density at radius 2 is 2.00 bits per heavy atom. The summed E-state index contributed by atoms with van der Waals surface area (Å²) < 4.78 is 30.8. The molecular weight excluding hydrogens is 292 g/mol. The SMILES string of the molecule is COCCN(CCBr)Cc1ccc(F)c(F)c1. The summed E-state index contributed by atoms with van der Waals surface area (Å²) in [6, 6.07) is 4.00. The normalized spacial score (nSPS) is 11.1. The molecule has 0 fully saturated rings. The number of hydrogen-bond acceptors (Lipinski definition) is 2. The van der Waals surface area contributed by atoms with Crippen molar-refractivity contribution in [3.63, 3.8) is 0 Å². The highest BCUT2D eigenvalue weighted by molar-refractivity contribution is 9.09. The van der Waals surface area contributed by atoms with Crippen LogP contribution in [0.25, 0.3) is 0 Å². The summed E-state index contributed by atoms with van der Waals surface area (Å²) in [5, 5.41) is 0.834. The topological polar surface area (TPSA) is 12.5 Å². The molecule has 0 amide bonds. The van der Waals surface area contributed by atoms with Gasteiger partial charge in [-0.15, -0.1) is 0 Å². The second kappa shape index (κ2) is 7.74. The van der Waals surface area contributed by atoms with E-state index >= 15 is 0 Å². The van der Waals surface area contributed by atoms with Crippen LogP contribution in [0.5, 0.6) is 0 Å². The first-order valence-electron chi connectivity index (χ1n) is 5.38. The molecule has 2 nitrogen and oxygen atoms in total. The highest BCUT2D eigenvalue weighted by Crippen LogP contribution is 2.11. The third-order valence-electron chi connectivity index (χ3n) is 2.40. The van der Waals surface area contributed by atoms with Crippen LogP contribution in [-0.2, 0) is 11.3 Å². The summed E-state index contributed by atoms with van der Waals surface area (Å²) in [4.78, 5) is 2.12. The number of rotatable bonds is 7. The van der Waals surface area contributed by atoms with Crippen molar-refractivity contribution < 1.29 is 13.5 Å². The molecule has 0 saturated heterocycles. The van der Waals surface area contributed by atoms with Crippen molar-refractivity contribution in [2.75, 3.05) is 32.1 Å². The number of alkyl halides is 1. The fraction of sp³-hybridized carbons (Fsp3) is 0.500. The minimum absolute atomic E-state index is 0.589. The Bertz CT molecular complexity index is 349. The van der Waals surface area contributed by atoms with E-state index in [-0.39, 0.29) is 0 Å². The molecule has 0 aliphatic heterocycles. The molecule has 17 heavy (non-hydrogen) atoms. The molecule has 0 N–H and O–H groups in total. The van der Waals surface area contributed by atoms with Gasteiger partial charge in [0.2, 0.25) is 0 Å². The van der Waals surface area contributed by atoms with Gasteiger partial charge >= 0.3 is 0 Å². The summed E-state index contributed by atoms with van der Waals surface area (Å²) in [7, 11) is 1.64. The minimum Gasteiger partial charge on any atom is -0.383 e. The third kappa shape index (κ3) is 5.10. The predicted molar refractivity (Wildman–Crippen MR) is 67.3 cm³/mol. The van der Waals surface area contributed by atoms with Crippen LogP contribution in [-0.4, -0.2) is 37.0 Å². The van der Waals surface area contributed by atoms with Crippen molar-refractivity contribution in [2.24, 2.45) is 0 Å². The van der Waals surface area contributed by atoms with Gasteiger partial charge in [0, 0.05) is 32.1 Å². The van der Waals surface area contributed by atoms with Crippen LogP contribution in [0.3, 0.4) is 0 Å². The van der Waals surface area contributed by atoms with Crippen molar-refractivity contribution in [3.8, 4) is 0 Å². The average molecular weight is 308 g/mol. The van der Waals surface area contributed by atoms with E-state index in [4.69, 9.17) is 4.74 Å². The molecule has 0 unspecified atom stereocenters. The van der Waals surface area contributed by atoms with Gasteiger partial charge in [-0.05, 0) is 17.7 Å². The molecule has 0 saturated carbocycles. The first kappa shape index (κ1) is 14.5. The van der Waals surface area contributed by atoms with Gasteiger partial charge in [-0.3, -0.25) is 4.90 Å². The Morgan fingerprint density at radius 3 is 2.59 bits per heavy atom. The zero-order chi connectivity index (χ0) is 12.7. The molecule has 0 aliphatic rings. The summed E-state index contributed by atoms with van der Waals surface area (Å²) in [6.45, 7) is 2.81. The van der Waals surface area contributed by atoms with E-state index in [1.165, 1.54) is 6.07 Å². The molecule has 0 spiro atoms. The summed E-state index contributed by atoms with van der Waals surface area (Å²) in [5.41, 5.74) is 0.765. The number of halogens is 3. The van der Waals surface area contributed by atoms with E-state index in [2.05, 4.69) is 20.8 Å². The second-order valence-electron chi connectivity index (χ2n) is 3.71. The van der Waals surface area contributed by atoms with E-state index in [1.807, 2.05) is 0 Å². The zero-order valence-electron chi connectivity index (χ0n) is 9.76. The van der Waals surface area contributed by atoms with Gasteiger partial charge < -0.3 is 4.74 Å². The molecule has 0 atom stereocenters. The number of nitrogens with zero attached hydrogens (tertiary/aromatic N) is 1. The monoisotopic (exact) mass is 307 g/mol. The second-order valence-corrected chi connectivity index (χ2v) is 4.50. The molecule has 1 aromatic rings. The molecule has 1 rings (SSSR count). The van der Waals surface area contributed by atoms with Gasteiger partial charge in [0.25, 0.3) is 0 Å². The standard InChI is InChI=1S/C12H16BrF2NO/c1-17-7-6-16(5-4-13)9-10-2-3-11(14)12(15)8-10/h2-3,8H,4-7,9H2,1H3. The first-order valence-corrected chi connectivity index (χ1v) is 6.50. The van der Waals surface area contributed by atoms with E-state index in [0.717, 1.165) is 30.0 Å². The average Bonchev–Trinajstić information content (AvgIpc) is 2.31. The molecule has 96 valence electrons. The highest BCUT2D eigenvalue weighted by Gasteiger charge is 2.07. The van der Waals surface area contributed by atoms with Crippen molar-refractivity contribution in [3.05, 3.63) is 35.4 Å². The van der Waals surface area contributed by atoms with Gasteiger partial charge in [0.1, 0.15) is 0 Å². The highest BCUT2D eigenvalue weighted by atomic mass is 79.9. The first-order chi connectivity index (χ1) is 8.17. The van der Waals surface area contributed by atoms with Crippen LogP contribution >= 0.6 is 15.9 Å². The lowest BCUT2D eigenvalue weighted by atomic mass is 10.2. The lowest BCUT2D eigenvalue weighted by molar-refractivity contribution is 0.148. The van der Waals surface area contributed by atoms with Crippen LogP contribution in [0.4, 0.5) is 8.78 Å². The van der Waals surface area contributed by atoms with Crippen molar-refractivity contribution >= 4 is 15.9 Å². The van der Waals surface area contributed by atoms with E-state index < -0.39 is 11.6 Å². The summed E-state index contributed by atoms with van der Waals surface area (Å²) in [6.07, 6.45) is 0. The van der Waals surface area contributed by atoms with E-state index in [1.54, 1.807) is 13.2 Å². The van der Waals surface area contributed by atoms with Crippen molar-refractivity contribution in [1.82, 2.24) is 4.90 Å². The molecule has 0 bridgehead atoms. The number of methoxy groups -OCH3 is 1. The van der Waals surface area contributed by atoms with Crippen LogP contribution in [0, 0.1) is 11.6 Å². The molecular formula is C12H16BrF2NO. The van der Waals surface area contributed by atoms with Gasteiger partial charge in [-0.1, -0.05) is 22.0 Å². The fourth-order valence-electron chi connectivity index (χ4n) is 1.51. The third-order valence-corrected chi connectivity index (χ3v) is 2.76. The Labute approximate surface area is 109 Å². The molecule has 0 radical (unpaired) electrons. The Kier molecular flexibility index (Phi) is 6.62. The zero-order valence-corrected chi connectivity index (χ0v) is 11.3. The van der Waals surface area contributed by atoms with Gasteiger partial charge in [0.05, 0.1) is 6.61 Å². The summed E-state index contributed by atoms with van der Waals surface area (Å²) in [5.74, 6) is -1.61. The van der Waals surface area contributed by atoms with Gasteiger partial charge in [-0.25, -0.2) is 8.78 Å². The van der Waals surface area contributed by atoms with Crippen molar-refractivity contribution in [2.45, 2.75) is 6.54 Å². The van der Waals surface area contributed by atoms with Gasteiger partial charge in [0.15, 0.2) is 11.6 Å². The largest absolute Gasteiger partial charge is 0.383 e. The molecule has 1 aromatic carbocycles. The number of hydrogen-bond donors (Lipinski definition) is 0. The van der Waals surface area contributed by atoms with Crippen LogP contribution in [0.1, 0.15) is 5.56 Å². The van der Waals surface area contributed by atoms with Crippen LogP contribution < -0.4 is 0 Å². The van der Waals surface area contributed by atoms with E-state index in [9.17, 15) is 8.78 Å². The maximum absolute atomic E-state index is 13.0. The molecule has 5 heteroatoms. The number of benzene rings is 1. The van der Waals surface area contributed by atoms with Crippen LogP contribution in [0.2, 0.25) is 0 Å². The Hall–Kier alpha value is -0.520. The fourth-order valence-corrected chi connectivity index (χ4v) is 2.01. The quantitative estimate of drug-likeness (QED) is 0.718.